The third kappa shape index (κ3) is 5.47. The minimum Gasteiger partial charge on any atom is -0.497 e. The Hall–Kier alpha value is -2.78. The molecule has 2 saturated heterocycles. The summed E-state index contributed by atoms with van der Waals surface area (Å²) >= 11 is 0. The summed E-state index contributed by atoms with van der Waals surface area (Å²) in [6.45, 7) is 4.04. The summed E-state index contributed by atoms with van der Waals surface area (Å²) in [5, 5.41) is 11.0. The van der Waals surface area contributed by atoms with Gasteiger partial charge in [0.25, 0.3) is 0 Å². The van der Waals surface area contributed by atoms with E-state index in [0.29, 0.717) is 19.6 Å². The molecule has 2 fully saturated rings. The summed E-state index contributed by atoms with van der Waals surface area (Å²) in [5.74, 6) is 0.797. The molecule has 2 aromatic carbocycles. The van der Waals surface area contributed by atoms with Crippen molar-refractivity contribution in [1.29, 1.82) is 0 Å². The number of alkyl halides is 3. The molecular weight excluding hydrogens is 447 g/mol. The van der Waals surface area contributed by atoms with E-state index >= 15 is 0 Å². The van der Waals surface area contributed by atoms with Crippen LogP contribution in [-0.4, -0.2) is 73.7 Å². The summed E-state index contributed by atoms with van der Waals surface area (Å²) in [6.07, 6.45) is -4.03. The van der Waals surface area contributed by atoms with Gasteiger partial charge in [-0.3, -0.25) is 9.69 Å². The van der Waals surface area contributed by atoms with Gasteiger partial charge >= 0.3 is 6.18 Å². The second-order valence-corrected chi connectivity index (χ2v) is 8.96. The monoisotopic (exact) mass is 477 g/mol. The molecule has 2 aromatic rings. The normalized spacial score (nSPS) is 19.2. The largest absolute Gasteiger partial charge is 0.497 e. The summed E-state index contributed by atoms with van der Waals surface area (Å²) in [5.41, 5.74) is -0.788. The van der Waals surface area contributed by atoms with Crippen molar-refractivity contribution in [1.82, 2.24) is 9.80 Å². The zero-order valence-corrected chi connectivity index (χ0v) is 19.2. The number of ether oxygens (including phenoxy) is 1. The highest BCUT2D eigenvalue weighted by Gasteiger charge is 2.38. The van der Waals surface area contributed by atoms with Crippen molar-refractivity contribution < 1.29 is 27.8 Å². The van der Waals surface area contributed by atoms with E-state index in [1.54, 1.807) is 12.0 Å². The SMILES string of the molecule is COc1cccc(N2CCN(CC(=O)N3CCC(O)(c4cccc(C(F)(F)F)c4)CC3)CC2)c1. The molecule has 0 radical (unpaired) electrons. The predicted octanol–water partition coefficient (Wildman–Crippen LogP) is 3.35. The van der Waals surface area contributed by atoms with Crippen LogP contribution in [0.15, 0.2) is 48.5 Å². The molecule has 2 heterocycles. The van der Waals surface area contributed by atoms with Crippen LogP contribution in [0.2, 0.25) is 0 Å². The quantitative estimate of drug-likeness (QED) is 0.716. The lowest BCUT2D eigenvalue weighted by molar-refractivity contribution is -0.137. The van der Waals surface area contributed by atoms with Gasteiger partial charge in [-0.1, -0.05) is 18.2 Å². The average molecular weight is 478 g/mol. The van der Waals surface area contributed by atoms with Gasteiger partial charge in [-0.25, -0.2) is 0 Å². The summed E-state index contributed by atoms with van der Waals surface area (Å²) in [4.78, 5) is 18.9. The molecule has 34 heavy (non-hydrogen) atoms. The zero-order valence-electron chi connectivity index (χ0n) is 19.2. The van der Waals surface area contributed by atoms with Crippen molar-refractivity contribution in [3.63, 3.8) is 0 Å². The number of methoxy groups -OCH3 is 1. The Kier molecular flexibility index (Phi) is 7.04. The van der Waals surface area contributed by atoms with Crippen LogP contribution in [0.25, 0.3) is 0 Å². The first-order valence-corrected chi connectivity index (χ1v) is 11.5. The Bertz CT molecular complexity index is 998. The van der Waals surface area contributed by atoms with Gasteiger partial charge in [0, 0.05) is 51.0 Å². The summed E-state index contributed by atoms with van der Waals surface area (Å²) in [6, 6.07) is 12.8. The lowest BCUT2D eigenvalue weighted by Crippen LogP contribution is -2.52. The molecule has 0 spiro atoms. The van der Waals surface area contributed by atoms with Crippen LogP contribution in [0.1, 0.15) is 24.0 Å². The van der Waals surface area contributed by atoms with Gasteiger partial charge in [0.05, 0.1) is 24.8 Å². The van der Waals surface area contributed by atoms with Crippen LogP contribution < -0.4 is 9.64 Å². The number of likely N-dealkylation sites (tertiary alicyclic amines) is 1. The maximum absolute atomic E-state index is 13.1. The van der Waals surface area contributed by atoms with Gasteiger partial charge in [0.2, 0.25) is 5.91 Å². The number of halogens is 3. The van der Waals surface area contributed by atoms with E-state index in [9.17, 15) is 23.1 Å². The number of rotatable bonds is 5. The number of piperazine rings is 1. The number of aliphatic hydroxyl groups is 1. The van der Waals surface area contributed by atoms with E-state index in [0.717, 1.165) is 49.7 Å². The van der Waals surface area contributed by atoms with Crippen molar-refractivity contribution in [3.05, 3.63) is 59.7 Å². The molecule has 0 saturated carbocycles. The molecule has 0 aromatic heterocycles. The molecule has 0 aliphatic carbocycles. The number of carbonyl (C=O) groups is 1. The first kappa shape index (κ1) is 24.3. The van der Waals surface area contributed by atoms with Gasteiger partial charge in [0.15, 0.2) is 0 Å². The lowest BCUT2D eigenvalue weighted by atomic mass is 9.83. The van der Waals surface area contributed by atoms with Crippen LogP contribution in [0.5, 0.6) is 5.75 Å². The van der Waals surface area contributed by atoms with Gasteiger partial charge < -0.3 is 19.6 Å². The van der Waals surface area contributed by atoms with Crippen molar-refractivity contribution in [3.8, 4) is 5.75 Å². The Morgan fingerprint density at radius 1 is 1.00 bits per heavy atom. The molecule has 0 bridgehead atoms. The average Bonchev–Trinajstić information content (AvgIpc) is 2.84. The molecule has 1 amide bonds. The lowest BCUT2D eigenvalue weighted by Gasteiger charge is -2.40. The molecule has 0 atom stereocenters. The van der Waals surface area contributed by atoms with E-state index < -0.39 is 17.3 Å². The number of anilines is 1. The van der Waals surface area contributed by atoms with Crippen molar-refractivity contribution in [2.24, 2.45) is 0 Å². The van der Waals surface area contributed by atoms with E-state index in [-0.39, 0.29) is 24.3 Å². The molecular formula is C25H30F3N3O3. The van der Waals surface area contributed by atoms with Crippen molar-refractivity contribution >= 4 is 11.6 Å². The third-order valence-corrected chi connectivity index (χ3v) is 6.82. The standard InChI is InChI=1S/C25H30F3N3O3/c1-34-22-7-3-6-21(17-22)30-14-12-29(13-15-30)18-23(32)31-10-8-24(33,9-11-31)19-4-2-5-20(16-19)25(26,27)28/h2-7,16-17,33H,8-15,18H2,1H3. The molecule has 9 heteroatoms. The van der Waals surface area contributed by atoms with E-state index in [2.05, 4.69) is 9.80 Å². The highest BCUT2D eigenvalue weighted by molar-refractivity contribution is 5.78. The number of piperidine rings is 1. The Balaban J connectivity index is 1.28. The molecule has 0 unspecified atom stereocenters. The number of nitrogens with zero attached hydrogens (tertiary/aromatic N) is 3. The Morgan fingerprint density at radius 2 is 1.68 bits per heavy atom. The van der Waals surface area contributed by atoms with E-state index in [4.69, 9.17) is 4.74 Å². The maximum atomic E-state index is 13.1. The fraction of sp³-hybridized carbons (Fsp3) is 0.480. The molecule has 6 nitrogen and oxygen atoms in total. The molecule has 1 N–H and O–H groups in total. The number of hydrogen-bond acceptors (Lipinski definition) is 5. The van der Waals surface area contributed by atoms with Gasteiger partial charge in [0.1, 0.15) is 5.75 Å². The van der Waals surface area contributed by atoms with Crippen LogP contribution >= 0.6 is 0 Å². The topological polar surface area (TPSA) is 56.2 Å². The minimum atomic E-state index is -4.46. The molecule has 184 valence electrons. The molecule has 4 rings (SSSR count). The van der Waals surface area contributed by atoms with E-state index in [1.165, 1.54) is 12.1 Å². The second kappa shape index (κ2) is 9.84. The Morgan fingerprint density at radius 3 is 2.32 bits per heavy atom. The number of amides is 1. The third-order valence-electron chi connectivity index (χ3n) is 6.82. The fourth-order valence-electron chi connectivity index (χ4n) is 4.66. The van der Waals surface area contributed by atoms with Crippen LogP contribution in [0, 0.1) is 0 Å². The smallest absolute Gasteiger partial charge is 0.416 e. The minimum absolute atomic E-state index is 0.0130. The molecule has 2 aliphatic heterocycles. The second-order valence-electron chi connectivity index (χ2n) is 8.96. The Labute approximate surface area is 197 Å². The van der Waals surface area contributed by atoms with Crippen LogP contribution in [-0.2, 0) is 16.6 Å². The highest BCUT2D eigenvalue weighted by Crippen LogP contribution is 2.36. The fourth-order valence-corrected chi connectivity index (χ4v) is 4.66. The van der Waals surface area contributed by atoms with Crippen molar-refractivity contribution in [2.45, 2.75) is 24.6 Å². The highest BCUT2D eigenvalue weighted by atomic mass is 19.4. The zero-order chi connectivity index (χ0) is 24.3. The first-order chi connectivity index (χ1) is 16.2. The van der Waals surface area contributed by atoms with Gasteiger partial charge in [-0.05, 0) is 42.7 Å². The van der Waals surface area contributed by atoms with Crippen LogP contribution in [0.3, 0.4) is 0 Å². The summed E-state index contributed by atoms with van der Waals surface area (Å²) < 4.78 is 44.5. The van der Waals surface area contributed by atoms with Crippen LogP contribution in [0.4, 0.5) is 18.9 Å². The first-order valence-electron chi connectivity index (χ1n) is 11.5. The van der Waals surface area contributed by atoms with Gasteiger partial charge in [-0.2, -0.15) is 13.2 Å². The number of hydrogen-bond donors (Lipinski definition) is 1. The number of carbonyl (C=O) groups excluding carboxylic acids is 1. The maximum Gasteiger partial charge on any atom is 0.416 e. The number of benzene rings is 2. The van der Waals surface area contributed by atoms with Crippen molar-refractivity contribution in [2.75, 3.05) is 57.8 Å². The predicted molar refractivity (Wildman–Crippen MR) is 123 cm³/mol. The van der Waals surface area contributed by atoms with E-state index in [1.807, 2.05) is 24.3 Å². The molecule has 2 aliphatic rings. The van der Waals surface area contributed by atoms with Gasteiger partial charge in [-0.15, -0.1) is 0 Å². The summed E-state index contributed by atoms with van der Waals surface area (Å²) in [7, 11) is 1.64.